The van der Waals surface area contributed by atoms with E-state index in [9.17, 15) is 8.42 Å². The Morgan fingerprint density at radius 2 is 1.95 bits per heavy atom. The molecule has 0 amide bonds. The van der Waals surface area contributed by atoms with Gasteiger partial charge in [0.25, 0.3) is 0 Å². The Kier molecular flexibility index (Phi) is 5.20. The van der Waals surface area contributed by atoms with Crippen molar-refractivity contribution in [1.29, 1.82) is 0 Å². The van der Waals surface area contributed by atoms with E-state index in [1.807, 2.05) is 13.8 Å². The maximum Gasteiger partial charge on any atom is 0.242 e. The SMILES string of the molecule is Cc1nnc(C(CC(C)C)NS(=O)(=O)c2ccccc2Cl)o1. The van der Waals surface area contributed by atoms with Gasteiger partial charge in [-0.05, 0) is 24.5 Å². The molecule has 1 N–H and O–H groups in total. The summed E-state index contributed by atoms with van der Waals surface area (Å²) in [6.07, 6.45) is 0.533. The number of hydrogen-bond acceptors (Lipinski definition) is 5. The average molecular weight is 344 g/mol. The van der Waals surface area contributed by atoms with E-state index in [1.54, 1.807) is 19.1 Å². The second kappa shape index (κ2) is 6.76. The summed E-state index contributed by atoms with van der Waals surface area (Å²) >= 11 is 5.98. The summed E-state index contributed by atoms with van der Waals surface area (Å²) in [4.78, 5) is 0.0293. The van der Waals surface area contributed by atoms with Crippen molar-refractivity contribution in [2.45, 2.75) is 38.1 Å². The van der Waals surface area contributed by atoms with Gasteiger partial charge in [-0.25, -0.2) is 8.42 Å². The second-order valence-corrected chi connectivity index (χ2v) is 7.48. The predicted molar refractivity (Wildman–Crippen MR) is 83.0 cm³/mol. The summed E-state index contributed by atoms with van der Waals surface area (Å²) < 4.78 is 33.1. The average Bonchev–Trinajstić information content (AvgIpc) is 2.84. The van der Waals surface area contributed by atoms with Crippen molar-refractivity contribution in [1.82, 2.24) is 14.9 Å². The number of benzene rings is 1. The Labute approximate surface area is 134 Å². The first-order valence-corrected chi connectivity index (χ1v) is 8.72. The first kappa shape index (κ1) is 16.9. The first-order valence-electron chi connectivity index (χ1n) is 6.86. The number of nitrogens with zero attached hydrogens (tertiary/aromatic N) is 2. The van der Waals surface area contributed by atoms with Crippen molar-refractivity contribution in [2.24, 2.45) is 5.92 Å². The van der Waals surface area contributed by atoms with Crippen LogP contribution in [0.5, 0.6) is 0 Å². The fourth-order valence-corrected chi connectivity index (χ4v) is 3.76. The van der Waals surface area contributed by atoms with Crippen molar-refractivity contribution in [3.05, 3.63) is 41.1 Å². The van der Waals surface area contributed by atoms with Crippen LogP contribution in [0.15, 0.2) is 33.6 Å². The van der Waals surface area contributed by atoms with Gasteiger partial charge in [-0.15, -0.1) is 10.2 Å². The first-order chi connectivity index (χ1) is 10.3. The summed E-state index contributed by atoms with van der Waals surface area (Å²) in [5.41, 5.74) is 0. The molecule has 0 saturated carbocycles. The third-order valence-corrected chi connectivity index (χ3v) is 4.94. The number of halogens is 1. The Morgan fingerprint density at radius 1 is 1.27 bits per heavy atom. The molecular weight excluding hydrogens is 326 g/mol. The van der Waals surface area contributed by atoms with E-state index in [0.29, 0.717) is 12.3 Å². The van der Waals surface area contributed by atoms with Crippen LogP contribution in [0.4, 0.5) is 0 Å². The molecule has 2 aromatic rings. The van der Waals surface area contributed by atoms with Crippen LogP contribution in [0.25, 0.3) is 0 Å². The van der Waals surface area contributed by atoms with E-state index in [4.69, 9.17) is 16.0 Å². The normalized spacial score (nSPS) is 13.5. The number of sulfonamides is 1. The number of aryl methyl sites for hydroxylation is 1. The zero-order valence-electron chi connectivity index (χ0n) is 12.6. The smallest absolute Gasteiger partial charge is 0.242 e. The van der Waals surface area contributed by atoms with Crippen molar-refractivity contribution >= 4 is 21.6 Å². The van der Waals surface area contributed by atoms with Crippen LogP contribution in [0.1, 0.15) is 38.1 Å². The largest absolute Gasteiger partial charge is 0.424 e. The molecule has 1 unspecified atom stereocenters. The molecule has 8 heteroatoms. The second-order valence-electron chi connectivity index (χ2n) is 5.39. The molecule has 0 aliphatic carbocycles. The van der Waals surface area contributed by atoms with Gasteiger partial charge >= 0.3 is 0 Å². The van der Waals surface area contributed by atoms with Gasteiger partial charge in [-0.3, -0.25) is 0 Å². The minimum Gasteiger partial charge on any atom is -0.424 e. The van der Waals surface area contributed by atoms with Crippen molar-refractivity contribution in [2.75, 3.05) is 0 Å². The molecule has 0 saturated heterocycles. The van der Waals surface area contributed by atoms with E-state index < -0.39 is 16.1 Å². The molecule has 0 bridgehead atoms. The topological polar surface area (TPSA) is 85.1 Å². The molecule has 1 atom stereocenters. The van der Waals surface area contributed by atoms with Crippen molar-refractivity contribution < 1.29 is 12.8 Å². The maximum atomic E-state index is 12.5. The molecule has 120 valence electrons. The van der Waals surface area contributed by atoms with Gasteiger partial charge in [0, 0.05) is 6.92 Å². The fraction of sp³-hybridized carbons (Fsp3) is 0.429. The molecule has 0 aliphatic heterocycles. The van der Waals surface area contributed by atoms with Gasteiger partial charge in [0.2, 0.25) is 21.8 Å². The van der Waals surface area contributed by atoms with E-state index in [1.165, 1.54) is 12.1 Å². The predicted octanol–water partition coefficient (Wildman–Crippen LogP) is 3.10. The molecule has 22 heavy (non-hydrogen) atoms. The Morgan fingerprint density at radius 3 is 2.50 bits per heavy atom. The Hall–Kier alpha value is -1.44. The molecule has 0 fully saturated rings. The lowest BCUT2D eigenvalue weighted by molar-refractivity contribution is 0.372. The number of hydrogen-bond donors (Lipinski definition) is 1. The third-order valence-electron chi connectivity index (χ3n) is 2.97. The molecule has 2 rings (SSSR count). The van der Waals surface area contributed by atoms with Crippen molar-refractivity contribution in [3.63, 3.8) is 0 Å². The van der Waals surface area contributed by atoms with Gasteiger partial charge in [0.15, 0.2) is 0 Å². The van der Waals surface area contributed by atoms with Crippen LogP contribution >= 0.6 is 11.6 Å². The highest BCUT2D eigenvalue weighted by atomic mass is 35.5. The zero-order valence-corrected chi connectivity index (χ0v) is 14.1. The molecule has 0 spiro atoms. The number of rotatable bonds is 6. The Balaban J connectivity index is 2.32. The highest BCUT2D eigenvalue weighted by Crippen LogP contribution is 2.26. The summed E-state index contributed by atoms with van der Waals surface area (Å²) in [7, 11) is -3.78. The molecule has 1 aromatic heterocycles. The minimum absolute atomic E-state index is 0.0293. The van der Waals surface area contributed by atoms with Crippen LogP contribution in [0.2, 0.25) is 5.02 Å². The van der Waals surface area contributed by atoms with E-state index in [-0.39, 0.29) is 21.7 Å². The molecule has 1 heterocycles. The van der Waals surface area contributed by atoms with Crippen LogP contribution in [-0.4, -0.2) is 18.6 Å². The van der Waals surface area contributed by atoms with Gasteiger partial charge < -0.3 is 4.42 Å². The molecule has 6 nitrogen and oxygen atoms in total. The minimum atomic E-state index is -3.78. The highest BCUT2D eigenvalue weighted by molar-refractivity contribution is 7.89. The van der Waals surface area contributed by atoms with Crippen LogP contribution in [0, 0.1) is 12.8 Å². The fourth-order valence-electron chi connectivity index (χ4n) is 2.04. The standard InChI is InChI=1S/C14H18ClN3O3S/c1-9(2)8-12(14-17-16-10(3)21-14)18-22(19,20)13-7-5-4-6-11(13)15/h4-7,9,12,18H,8H2,1-3H3. The van der Waals surface area contributed by atoms with Gasteiger partial charge in [-0.2, -0.15) is 4.72 Å². The summed E-state index contributed by atoms with van der Waals surface area (Å²) in [5, 5.41) is 7.85. The molecular formula is C14H18ClN3O3S. The lowest BCUT2D eigenvalue weighted by Gasteiger charge is -2.17. The third kappa shape index (κ3) is 4.06. The zero-order chi connectivity index (χ0) is 16.3. The lowest BCUT2D eigenvalue weighted by Crippen LogP contribution is -2.30. The lowest BCUT2D eigenvalue weighted by atomic mass is 10.0. The molecule has 0 aliphatic rings. The van der Waals surface area contributed by atoms with Gasteiger partial charge in [0.1, 0.15) is 10.9 Å². The monoisotopic (exact) mass is 343 g/mol. The molecule has 0 radical (unpaired) electrons. The summed E-state index contributed by atoms with van der Waals surface area (Å²) in [6.45, 7) is 5.63. The van der Waals surface area contributed by atoms with E-state index >= 15 is 0 Å². The summed E-state index contributed by atoms with van der Waals surface area (Å²) in [6, 6.07) is 5.69. The Bertz CT molecular complexity index is 743. The van der Waals surface area contributed by atoms with Crippen LogP contribution in [-0.2, 0) is 10.0 Å². The highest BCUT2D eigenvalue weighted by Gasteiger charge is 2.27. The summed E-state index contributed by atoms with van der Waals surface area (Å²) in [5.74, 6) is 0.883. The van der Waals surface area contributed by atoms with Crippen LogP contribution < -0.4 is 4.72 Å². The quantitative estimate of drug-likeness (QED) is 0.871. The van der Waals surface area contributed by atoms with E-state index in [0.717, 1.165) is 0 Å². The van der Waals surface area contributed by atoms with Crippen molar-refractivity contribution in [3.8, 4) is 0 Å². The number of nitrogens with one attached hydrogen (secondary N) is 1. The maximum absolute atomic E-state index is 12.5. The molecule has 1 aromatic carbocycles. The van der Waals surface area contributed by atoms with Crippen LogP contribution in [0.3, 0.4) is 0 Å². The number of aromatic nitrogens is 2. The van der Waals surface area contributed by atoms with E-state index in [2.05, 4.69) is 14.9 Å². The van der Waals surface area contributed by atoms with Gasteiger partial charge in [0.05, 0.1) is 5.02 Å². The van der Waals surface area contributed by atoms with Gasteiger partial charge in [-0.1, -0.05) is 37.6 Å².